The van der Waals surface area contributed by atoms with Crippen molar-refractivity contribution in [1.82, 2.24) is 10.2 Å². The molecule has 0 bridgehead atoms. The van der Waals surface area contributed by atoms with Crippen LogP contribution in [0.25, 0.3) is 0 Å². The number of rotatable bonds is 4. The molecule has 0 aromatic carbocycles. The predicted octanol–water partition coefficient (Wildman–Crippen LogP) is 5.97. The van der Waals surface area contributed by atoms with E-state index >= 15 is 0 Å². The first-order chi connectivity index (χ1) is 14.6. The van der Waals surface area contributed by atoms with Gasteiger partial charge < -0.3 is 10.2 Å². The molecule has 0 aliphatic heterocycles. The number of hydrogen-bond donors (Lipinski definition) is 1. The molecule has 31 heavy (non-hydrogen) atoms. The van der Waals surface area contributed by atoms with Crippen molar-refractivity contribution >= 4 is 5.91 Å². The Hall–Kier alpha value is -1.09. The normalized spacial score (nSPS) is 42.7. The van der Waals surface area contributed by atoms with Crippen molar-refractivity contribution < 1.29 is 4.79 Å². The highest BCUT2D eigenvalue weighted by Crippen LogP contribution is 2.66. The largest absolute Gasteiger partial charge is 0.350 e. The maximum Gasteiger partial charge on any atom is 0.244 e. The van der Waals surface area contributed by atoms with Gasteiger partial charge in [-0.2, -0.15) is 0 Å². The van der Waals surface area contributed by atoms with Gasteiger partial charge in [0, 0.05) is 18.2 Å². The van der Waals surface area contributed by atoms with E-state index in [1.807, 2.05) is 13.8 Å². The van der Waals surface area contributed by atoms with Crippen LogP contribution >= 0.6 is 0 Å². The average Bonchev–Trinajstić information content (AvgIpc) is 3.04. The summed E-state index contributed by atoms with van der Waals surface area (Å²) >= 11 is 0. The van der Waals surface area contributed by atoms with E-state index in [4.69, 9.17) is 0 Å². The van der Waals surface area contributed by atoms with Crippen molar-refractivity contribution in [2.24, 2.45) is 34.5 Å². The number of allylic oxidation sites excluding steroid dienone is 2. The molecule has 1 N–H and O–H groups in total. The third-order valence-electron chi connectivity index (χ3n) is 10.3. The molecule has 0 aromatic heterocycles. The molecule has 1 amide bonds. The van der Waals surface area contributed by atoms with Crippen molar-refractivity contribution in [2.75, 3.05) is 14.1 Å². The second-order valence-corrected chi connectivity index (χ2v) is 12.3. The van der Waals surface area contributed by atoms with E-state index in [1.165, 1.54) is 44.9 Å². The Morgan fingerprint density at radius 1 is 1.13 bits per heavy atom. The van der Waals surface area contributed by atoms with E-state index in [-0.39, 0.29) is 5.91 Å². The van der Waals surface area contributed by atoms with E-state index in [0.29, 0.717) is 22.9 Å². The van der Waals surface area contributed by atoms with Crippen LogP contribution in [0.1, 0.15) is 86.0 Å². The summed E-state index contributed by atoms with van der Waals surface area (Å²) in [4.78, 5) is 14.7. The quantitative estimate of drug-likeness (QED) is 0.444. The van der Waals surface area contributed by atoms with Crippen LogP contribution in [-0.4, -0.2) is 37.0 Å². The summed E-state index contributed by atoms with van der Waals surface area (Å²) in [6, 6.07) is 0.922. The molecule has 0 aromatic rings. The molecule has 3 saturated carbocycles. The predicted molar refractivity (Wildman–Crippen MR) is 130 cm³/mol. The number of amides is 1. The summed E-state index contributed by atoms with van der Waals surface area (Å²) in [7, 11) is 4.46. The Bertz CT molecular complexity index is 763. The Morgan fingerprint density at radius 3 is 2.55 bits per heavy atom. The third kappa shape index (κ3) is 3.94. The van der Waals surface area contributed by atoms with E-state index < -0.39 is 0 Å². The third-order valence-corrected chi connectivity index (χ3v) is 10.3. The average molecular weight is 427 g/mol. The molecule has 0 radical (unpaired) electrons. The van der Waals surface area contributed by atoms with Gasteiger partial charge in [-0.25, -0.2) is 0 Å². The van der Waals surface area contributed by atoms with Crippen LogP contribution in [0.2, 0.25) is 0 Å². The van der Waals surface area contributed by atoms with Crippen molar-refractivity contribution in [1.29, 1.82) is 0 Å². The molecule has 3 heteroatoms. The number of nitrogens with one attached hydrogen (secondary N) is 1. The second kappa shape index (κ2) is 8.36. The molecular weight excluding hydrogens is 380 g/mol. The summed E-state index contributed by atoms with van der Waals surface area (Å²) in [6.45, 7) is 11.6. The molecule has 0 saturated heterocycles. The molecule has 4 aliphatic rings. The van der Waals surface area contributed by atoms with E-state index in [1.54, 1.807) is 11.6 Å². The van der Waals surface area contributed by atoms with Crippen LogP contribution in [0, 0.1) is 34.5 Å². The van der Waals surface area contributed by atoms with Crippen molar-refractivity contribution in [3.63, 3.8) is 0 Å². The number of likely N-dealkylation sites (N-methyl/N-ethyl adjacent to an activating group) is 1. The van der Waals surface area contributed by atoms with Gasteiger partial charge in [-0.15, -0.1) is 0 Å². The number of nitrogens with zero attached hydrogens (tertiary/aromatic N) is 1. The van der Waals surface area contributed by atoms with E-state index in [0.717, 1.165) is 35.7 Å². The molecule has 0 heterocycles. The minimum Gasteiger partial charge on any atom is -0.350 e. The van der Waals surface area contributed by atoms with Gasteiger partial charge in [0.25, 0.3) is 0 Å². The first-order valence-electron chi connectivity index (χ1n) is 12.9. The molecule has 3 nitrogen and oxygen atoms in total. The highest BCUT2D eigenvalue weighted by Gasteiger charge is 2.59. The summed E-state index contributed by atoms with van der Waals surface area (Å²) in [6.07, 6.45) is 14.8. The highest BCUT2D eigenvalue weighted by molar-refractivity contribution is 5.88. The summed E-state index contributed by atoms with van der Waals surface area (Å²) in [5.74, 6) is 3.49. The van der Waals surface area contributed by atoms with Crippen molar-refractivity contribution in [2.45, 2.75) is 98.1 Å². The number of hydrogen-bond acceptors (Lipinski definition) is 2. The zero-order chi connectivity index (χ0) is 22.6. The summed E-state index contributed by atoms with van der Waals surface area (Å²) in [5.41, 5.74) is 3.68. The highest BCUT2D eigenvalue weighted by atomic mass is 16.1. The Morgan fingerprint density at radius 2 is 1.87 bits per heavy atom. The number of fused-ring (bicyclic) bond motifs is 5. The van der Waals surface area contributed by atoms with Crippen LogP contribution in [-0.2, 0) is 4.79 Å². The lowest BCUT2D eigenvalue weighted by molar-refractivity contribution is -0.121. The minimum atomic E-state index is 0.107. The standard InChI is InChI=1S/C28H46N2O/c1-18(2)16-26(31)29-21-12-14-27(4)20(17-21)8-9-22-24-11-10-23(19(3)30(6)7)28(24,5)15-13-25(22)27/h10,16,19-22,24-25H,8-9,11-15,17H2,1-7H3,(H,29,31)/t19-,20-,21-,22-,24-,25-,27-,28+/m0/s1. The van der Waals surface area contributed by atoms with Gasteiger partial charge in [-0.3, -0.25) is 4.79 Å². The van der Waals surface area contributed by atoms with Crippen LogP contribution < -0.4 is 5.32 Å². The molecule has 4 aliphatic carbocycles. The van der Waals surface area contributed by atoms with Gasteiger partial charge in [0.2, 0.25) is 5.91 Å². The molecule has 0 spiro atoms. The van der Waals surface area contributed by atoms with Crippen LogP contribution in [0.5, 0.6) is 0 Å². The zero-order valence-electron chi connectivity index (χ0n) is 21.1. The molecule has 3 fully saturated rings. The van der Waals surface area contributed by atoms with Gasteiger partial charge in [-0.05, 0) is 121 Å². The smallest absolute Gasteiger partial charge is 0.244 e. The lowest BCUT2D eigenvalue weighted by atomic mass is 9.44. The van der Waals surface area contributed by atoms with Crippen LogP contribution in [0.15, 0.2) is 23.3 Å². The molecule has 174 valence electrons. The molecule has 4 rings (SSSR count). The second-order valence-electron chi connectivity index (χ2n) is 12.3. The fraction of sp³-hybridized carbons (Fsp3) is 0.821. The summed E-state index contributed by atoms with van der Waals surface area (Å²) in [5, 5.41) is 3.32. The van der Waals surface area contributed by atoms with Gasteiger partial charge >= 0.3 is 0 Å². The Balaban J connectivity index is 1.47. The fourth-order valence-corrected chi connectivity index (χ4v) is 8.42. The van der Waals surface area contributed by atoms with Crippen molar-refractivity contribution in [3.8, 4) is 0 Å². The Labute approximate surface area is 191 Å². The zero-order valence-corrected chi connectivity index (χ0v) is 21.1. The SMILES string of the molecule is CC(C)=CC(=O)N[C@H]1CC[C@@]2(C)[C@@H](CC[C@@H]3[C@@H]2CC[C@]2(C)C([C@H](C)N(C)C)=CC[C@@H]32)C1. The maximum absolute atomic E-state index is 12.3. The monoisotopic (exact) mass is 426 g/mol. The first kappa shape index (κ1) is 23.1. The van der Waals surface area contributed by atoms with E-state index in [9.17, 15) is 4.79 Å². The number of carbonyl (C=O) groups is 1. The molecule has 0 unspecified atom stereocenters. The molecule has 8 atom stereocenters. The maximum atomic E-state index is 12.3. The molecular formula is C28H46N2O. The van der Waals surface area contributed by atoms with E-state index in [2.05, 4.69) is 51.2 Å². The van der Waals surface area contributed by atoms with Crippen LogP contribution in [0.3, 0.4) is 0 Å². The van der Waals surface area contributed by atoms with Gasteiger partial charge in [0.1, 0.15) is 0 Å². The minimum absolute atomic E-state index is 0.107. The number of carbonyl (C=O) groups excluding carboxylic acids is 1. The van der Waals surface area contributed by atoms with Crippen LogP contribution in [0.4, 0.5) is 0 Å². The lowest BCUT2D eigenvalue weighted by Gasteiger charge is -2.61. The van der Waals surface area contributed by atoms with Gasteiger partial charge in [-0.1, -0.05) is 31.1 Å². The first-order valence-corrected chi connectivity index (χ1v) is 12.9. The van der Waals surface area contributed by atoms with Gasteiger partial charge in [0.05, 0.1) is 0 Å². The lowest BCUT2D eigenvalue weighted by Crippen LogP contribution is -2.55. The fourth-order valence-electron chi connectivity index (χ4n) is 8.42. The van der Waals surface area contributed by atoms with Crippen molar-refractivity contribution in [3.05, 3.63) is 23.3 Å². The Kier molecular flexibility index (Phi) is 6.22. The van der Waals surface area contributed by atoms with Gasteiger partial charge in [0.15, 0.2) is 0 Å². The summed E-state index contributed by atoms with van der Waals surface area (Å²) < 4.78 is 0. The topological polar surface area (TPSA) is 32.3 Å².